The zero-order valence-electron chi connectivity index (χ0n) is 12.0. The van der Waals surface area contributed by atoms with E-state index in [0.29, 0.717) is 12.0 Å². The van der Waals surface area contributed by atoms with Gasteiger partial charge in [0.25, 0.3) is 0 Å². The lowest BCUT2D eigenvalue weighted by Crippen LogP contribution is -2.46. The van der Waals surface area contributed by atoms with Crippen LogP contribution >= 0.6 is 0 Å². The molecule has 4 heteroatoms. The number of hydrogen-bond acceptors (Lipinski definition) is 4. The van der Waals surface area contributed by atoms with E-state index in [1.807, 2.05) is 12.4 Å². The third-order valence-corrected chi connectivity index (χ3v) is 3.92. The smallest absolute Gasteiger partial charge is 0.0521 e. The van der Waals surface area contributed by atoms with Crippen LogP contribution < -0.4 is 5.32 Å². The average Bonchev–Trinajstić information content (AvgIpc) is 2.47. The molecule has 2 rings (SSSR count). The van der Waals surface area contributed by atoms with E-state index in [9.17, 15) is 0 Å². The monoisotopic (exact) mass is 263 g/mol. The highest BCUT2D eigenvalue weighted by molar-refractivity contribution is 5.09. The normalized spacial score (nSPS) is 23.7. The van der Waals surface area contributed by atoms with E-state index in [4.69, 9.17) is 4.74 Å². The number of nitrogens with one attached hydrogen (secondary N) is 1. The summed E-state index contributed by atoms with van der Waals surface area (Å²) in [6, 6.07) is 4.78. The van der Waals surface area contributed by atoms with Gasteiger partial charge in [0.1, 0.15) is 0 Å². The quantitative estimate of drug-likeness (QED) is 0.836. The van der Waals surface area contributed by atoms with Gasteiger partial charge < -0.3 is 15.0 Å². The summed E-state index contributed by atoms with van der Waals surface area (Å²) in [5, 5.41) is 3.42. The number of aromatic nitrogens is 1. The molecule has 1 aliphatic rings. The van der Waals surface area contributed by atoms with Crippen LogP contribution in [0.15, 0.2) is 24.5 Å². The van der Waals surface area contributed by atoms with Gasteiger partial charge in [-0.25, -0.2) is 0 Å². The first-order valence-electron chi connectivity index (χ1n) is 7.12. The fraction of sp³-hybridized carbons (Fsp3) is 0.667. The molecule has 1 aromatic heterocycles. The molecule has 1 saturated heterocycles. The minimum atomic E-state index is 0.595. The Morgan fingerprint density at radius 3 is 2.95 bits per heavy atom. The van der Waals surface area contributed by atoms with Crippen molar-refractivity contribution < 1.29 is 4.74 Å². The fourth-order valence-electron chi connectivity index (χ4n) is 2.72. The molecule has 0 aliphatic carbocycles. The molecule has 0 spiro atoms. The largest absolute Gasteiger partial charge is 0.381 e. The van der Waals surface area contributed by atoms with Gasteiger partial charge in [0.15, 0.2) is 0 Å². The zero-order valence-corrected chi connectivity index (χ0v) is 12.0. The van der Waals surface area contributed by atoms with Gasteiger partial charge in [-0.05, 0) is 44.6 Å². The lowest BCUT2D eigenvalue weighted by molar-refractivity contribution is 0.0218. The highest BCUT2D eigenvalue weighted by Crippen LogP contribution is 2.15. The molecule has 1 fully saturated rings. The number of ether oxygens (including phenoxy) is 1. The van der Waals surface area contributed by atoms with Gasteiger partial charge in [0.2, 0.25) is 0 Å². The fourth-order valence-corrected chi connectivity index (χ4v) is 2.72. The summed E-state index contributed by atoms with van der Waals surface area (Å²) >= 11 is 0. The SMILES string of the molecule is CNC1CCOCC1CN(C)CCc1ccncc1. The molecule has 1 N–H and O–H groups in total. The Labute approximate surface area is 116 Å². The van der Waals surface area contributed by atoms with E-state index >= 15 is 0 Å². The molecule has 1 aromatic rings. The van der Waals surface area contributed by atoms with Gasteiger partial charge in [-0.15, -0.1) is 0 Å². The third-order valence-electron chi connectivity index (χ3n) is 3.92. The number of rotatable bonds is 6. The Morgan fingerprint density at radius 2 is 2.21 bits per heavy atom. The van der Waals surface area contributed by atoms with E-state index in [1.165, 1.54) is 5.56 Å². The van der Waals surface area contributed by atoms with Gasteiger partial charge in [-0.1, -0.05) is 0 Å². The summed E-state index contributed by atoms with van der Waals surface area (Å²) in [5.74, 6) is 0.598. The van der Waals surface area contributed by atoms with Crippen molar-refractivity contribution in [3.05, 3.63) is 30.1 Å². The van der Waals surface area contributed by atoms with Crippen LogP contribution in [0.1, 0.15) is 12.0 Å². The van der Waals surface area contributed by atoms with Crippen LogP contribution in [0.4, 0.5) is 0 Å². The van der Waals surface area contributed by atoms with E-state index in [-0.39, 0.29) is 0 Å². The molecule has 2 unspecified atom stereocenters. The Morgan fingerprint density at radius 1 is 1.42 bits per heavy atom. The predicted molar refractivity (Wildman–Crippen MR) is 77.2 cm³/mol. The summed E-state index contributed by atoms with van der Waals surface area (Å²) in [4.78, 5) is 6.46. The topological polar surface area (TPSA) is 37.4 Å². The second-order valence-corrected chi connectivity index (χ2v) is 5.39. The van der Waals surface area contributed by atoms with Crippen LogP contribution in [-0.2, 0) is 11.2 Å². The lowest BCUT2D eigenvalue weighted by atomic mass is 9.95. The van der Waals surface area contributed by atoms with Gasteiger partial charge in [0.05, 0.1) is 6.61 Å². The Kier molecular flexibility index (Phi) is 5.76. The number of nitrogens with zero attached hydrogens (tertiary/aromatic N) is 2. The zero-order chi connectivity index (χ0) is 13.5. The van der Waals surface area contributed by atoms with Gasteiger partial charge in [-0.2, -0.15) is 0 Å². The van der Waals surface area contributed by atoms with Crippen LogP contribution in [-0.4, -0.2) is 56.3 Å². The summed E-state index contributed by atoms with van der Waals surface area (Å²) in [5.41, 5.74) is 1.35. The van der Waals surface area contributed by atoms with Crippen LogP contribution in [0.2, 0.25) is 0 Å². The first-order chi connectivity index (χ1) is 9.29. The molecular formula is C15H25N3O. The lowest BCUT2D eigenvalue weighted by Gasteiger charge is -2.34. The Balaban J connectivity index is 1.75. The van der Waals surface area contributed by atoms with Crippen LogP contribution in [0, 0.1) is 5.92 Å². The molecule has 2 atom stereocenters. The molecule has 0 saturated carbocycles. The van der Waals surface area contributed by atoms with Crippen molar-refractivity contribution in [2.75, 3.05) is 40.4 Å². The maximum atomic E-state index is 5.60. The van der Waals surface area contributed by atoms with Gasteiger partial charge in [-0.3, -0.25) is 4.98 Å². The van der Waals surface area contributed by atoms with E-state index in [2.05, 4.69) is 41.4 Å². The van der Waals surface area contributed by atoms with Crippen molar-refractivity contribution in [3.8, 4) is 0 Å². The Hall–Kier alpha value is -0.970. The first-order valence-corrected chi connectivity index (χ1v) is 7.12. The third kappa shape index (κ3) is 4.56. The van der Waals surface area contributed by atoms with Crippen LogP contribution in [0.25, 0.3) is 0 Å². The van der Waals surface area contributed by atoms with E-state index < -0.39 is 0 Å². The van der Waals surface area contributed by atoms with E-state index in [1.54, 1.807) is 0 Å². The van der Waals surface area contributed by atoms with Gasteiger partial charge in [0, 0.05) is 44.0 Å². The van der Waals surface area contributed by atoms with Gasteiger partial charge >= 0.3 is 0 Å². The first kappa shape index (κ1) is 14.4. The number of likely N-dealkylation sites (N-methyl/N-ethyl adjacent to an activating group) is 1. The van der Waals surface area contributed by atoms with Crippen LogP contribution in [0.3, 0.4) is 0 Å². The molecule has 2 heterocycles. The molecule has 0 amide bonds. The van der Waals surface area contributed by atoms with Crippen molar-refractivity contribution >= 4 is 0 Å². The molecule has 4 nitrogen and oxygen atoms in total. The minimum absolute atomic E-state index is 0.595. The Bertz CT molecular complexity index is 358. The highest BCUT2D eigenvalue weighted by atomic mass is 16.5. The average molecular weight is 263 g/mol. The summed E-state index contributed by atoms with van der Waals surface area (Å²) in [6.45, 7) is 3.95. The van der Waals surface area contributed by atoms with Crippen molar-refractivity contribution in [1.82, 2.24) is 15.2 Å². The van der Waals surface area contributed by atoms with Crippen molar-refractivity contribution in [2.24, 2.45) is 5.92 Å². The number of pyridine rings is 1. The summed E-state index contributed by atoms with van der Waals surface area (Å²) in [7, 11) is 4.25. The molecule has 0 aromatic carbocycles. The second kappa shape index (κ2) is 7.58. The maximum Gasteiger partial charge on any atom is 0.0521 e. The van der Waals surface area contributed by atoms with Crippen LogP contribution in [0.5, 0.6) is 0 Å². The molecule has 19 heavy (non-hydrogen) atoms. The summed E-state index contributed by atoms with van der Waals surface area (Å²) in [6.07, 6.45) is 5.93. The van der Waals surface area contributed by atoms with E-state index in [0.717, 1.165) is 39.1 Å². The summed E-state index contributed by atoms with van der Waals surface area (Å²) < 4.78 is 5.60. The molecule has 0 bridgehead atoms. The molecule has 0 radical (unpaired) electrons. The number of hydrogen-bond donors (Lipinski definition) is 1. The second-order valence-electron chi connectivity index (χ2n) is 5.39. The molecule has 1 aliphatic heterocycles. The maximum absolute atomic E-state index is 5.60. The molecule has 106 valence electrons. The van der Waals surface area contributed by atoms with Crippen molar-refractivity contribution in [3.63, 3.8) is 0 Å². The minimum Gasteiger partial charge on any atom is -0.381 e. The standard InChI is InChI=1S/C15H25N3O/c1-16-15-6-10-19-12-14(15)11-18(2)9-5-13-3-7-17-8-4-13/h3-4,7-8,14-16H,5-6,9-12H2,1-2H3. The van der Waals surface area contributed by atoms with Crippen molar-refractivity contribution in [1.29, 1.82) is 0 Å². The highest BCUT2D eigenvalue weighted by Gasteiger charge is 2.25. The van der Waals surface area contributed by atoms with Crippen molar-refractivity contribution in [2.45, 2.75) is 18.9 Å². The molecular weight excluding hydrogens is 238 g/mol. The predicted octanol–water partition coefficient (Wildman–Crippen LogP) is 1.18.